The van der Waals surface area contributed by atoms with Gasteiger partial charge in [-0.3, -0.25) is 0 Å². The highest BCUT2D eigenvalue weighted by molar-refractivity contribution is 14.1. The van der Waals surface area contributed by atoms with Gasteiger partial charge in [-0.15, -0.1) is 0 Å². The Bertz CT molecular complexity index is 696. The number of aromatic nitrogens is 2. The molecule has 2 rings (SSSR count). The quantitative estimate of drug-likeness (QED) is 0.662. The van der Waals surface area contributed by atoms with Crippen LogP contribution in [-0.4, -0.2) is 15.5 Å². The molecule has 124 valence electrons. The van der Waals surface area contributed by atoms with Gasteiger partial charge in [-0.2, -0.15) is 18.2 Å². The summed E-state index contributed by atoms with van der Waals surface area (Å²) in [7, 11) is 0. The van der Waals surface area contributed by atoms with Crippen LogP contribution in [0.1, 0.15) is 26.5 Å². The van der Waals surface area contributed by atoms with Crippen molar-refractivity contribution in [2.75, 3.05) is 10.6 Å². The maximum Gasteiger partial charge on any atom is 0.433 e. The standard InChI is InChI=1S/C15H16F3IN4/c1-14(2,3)23-13-21-11(15(16,17)18)8-12(22-13)20-10-7-5-4-6-9(10)19/h4-8H,1-3H3,(H2,20,21,22,23). The van der Waals surface area contributed by atoms with E-state index in [1.165, 1.54) is 0 Å². The van der Waals surface area contributed by atoms with E-state index >= 15 is 0 Å². The molecular weight excluding hydrogens is 420 g/mol. The van der Waals surface area contributed by atoms with Gasteiger partial charge in [-0.1, -0.05) is 12.1 Å². The van der Waals surface area contributed by atoms with Crippen molar-refractivity contribution < 1.29 is 13.2 Å². The summed E-state index contributed by atoms with van der Waals surface area (Å²) >= 11 is 2.10. The second kappa shape index (κ2) is 6.50. The first kappa shape index (κ1) is 17.8. The molecule has 4 nitrogen and oxygen atoms in total. The number of para-hydroxylation sites is 1. The maximum atomic E-state index is 13.1. The molecule has 0 unspecified atom stereocenters. The Morgan fingerprint density at radius 3 is 2.26 bits per heavy atom. The Labute approximate surface area is 146 Å². The zero-order valence-electron chi connectivity index (χ0n) is 12.8. The SMILES string of the molecule is CC(C)(C)Nc1nc(Nc2ccccc2I)cc(C(F)(F)F)n1. The number of nitrogens with one attached hydrogen (secondary N) is 2. The smallest absolute Gasteiger partial charge is 0.350 e. The van der Waals surface area contributed by atoms with Crippen molar-refractivity contribution in [1.82, 2.24) is 9.97 Å². The fraction of sp³-hybridized carbons (Fsp3) is 0.333. The van der Waals surface area contributed by atoms with Crippen LogP contribution in [0, 0.1) is 3.57 Å². The maximum absolute atomic E-state index is 13.1. The Kier molecular flexibility index (Phi) is 5.02. The fourth-order valence-electron chi connectivity index (χ4n) is 1.75. The van der Waals surface area contributed by atoms with Crippen LogP contribution in [0.4, 0.5) is 30.6 Å². The molecule has 8 heteroatoms. The van der Waals surface area contributed by atoms with Crippen LogP contribution >= 0.6 is 22.6 Å². The van der Waals surface area contributed by atoms with E-state index in [-0.39, 0.29) is 11.8 Å². The van der Waals surface area contributed by atoms with Crippen molar-refractivity contribution in [2.24, 2.45) is 0 Å². The van der Waals surface area contributed by atoms with Crippen LogP contribution in [0.5, 0.6) is 0 Å². The van der Waals surface area contributed by atoms with Crippen LogP contribution in [0.25, 0.3) is 0 Å². The summed E-state index contributed by atoms with van der Waals surface area (Å²) < 4.78 is 40.0. The van der Waals surface area contributed by atoms with Gasteiger partial charge in [0.25, 0.3) is 0 Å². The molecule has 0 fully saturated rings. The molecule has 23 heavy (non-hydrogen) atoms. The van der Waals surface area contributed by atoms with Gasteiger partial charge in [0, 0.05) is 15.2 Å². The number of benzene rings is 1. The van der Waals surface area contributed by atoms with E-state index < -0.39 is 17.4 Å². The van der Waals surface area contributed by atoms with Gasteiger partial charge in [-0.05, 0) is 55.5 Å². The van der Waals surface area contributed by atoms with Crippen molar-refractivity contribution in [3.05, 3.63) is 39.6 Å². The molecular formula is C15H16F3IN4. The molecule has 2 aromatic rings. The minimum atomic E-state index is -4.54. The van der Waals surface area contributed by atoms with Crippen LogP contribution in [0.2, 0.25) is 0 Å². The predicted molar refractivity (Wildman–Crippen MR) is 92.9 cm³/mol. The van der Waals surface area contributed by atoms with Crippen LogP contribution in [0.15, 0.2) is 30.3 Å². The van der Waals surface area contributed by atoms with Gasteiger partial charge in [0.2, 0.25) is 5.95 Å². The number of rotatable bonds is 3. The summed E-state index contributed by atoms with van der Waals surface area (Å²) in [6, 6.07) is 8.17. The number of hydrogen-bond donors (Lipinski definition) is 2. The van der Waals surface area contributed by atoms with Crippen molar-refractivity contribution in [2.45, 2.75) is 32.5 Å². The molecule has 0 radical (unpaired) electrons. The van der Waals surface area contributed by atoms with E-state index in [2.05, 4.69) is 43.2 Å². The highest BCUT2D eigenvalue weighted by atomic mass is 127. The second-order valence-electron chi connectivity index (χ2n) is 5.94. The largest absolute Gasteiger partial charge is 0.433 e. The van der Waals surface area contributed by atoms with Gasteiger partial charge in [-0.25, -0.2) is 4.98 Å². The summed E-state index contributed by atoms with van der Waals surface area (Å²) in [6.45, 7) is 5.47. The third kappa shape index (κ3) is 5.22. The van der Waals surface area contributed by atoms with E-state index in [4.69, 9.17) is 0 Å². The predicted octanol–water partition coefficient (Wildman–Crippen LogP) is 5.05. The van der Waals surface area contributed by atoms with Crippen molar-refractivity contribution >= 4 is 40.0 Å². The van der Waals surface area contributed by atoms with Crippen LogP contribution in [-0.2, 0) is 6.18 Å². The topological polar surface area (TPSA) is 49.8 Å². The normalized spacial score (nSPS) is 12.1. The molecule has 0 atom stereocenters. The third-order valence-electron chi connectivity index (χ3n) is 2.64. The van der Waals surface area contributed by atoms with E-state index in [9.17, 15) is 13.2 Å². The monoisotopic (exact) mass is 436 g/mol. The van der Waals surface area contributed by atoms with Crippen LogP contribution < -0.4 is 10.6 Å². The van der Waals surface area contributed by atoms with Crippen molar-refractivity contribution in [3.63, 3.8) is 0 Å². The van der Waals surface area contributed by atoms with Crippen molar-refractivity contribution in [1.29, 1.82) is 0 Å². The molecule has 0 aliphatic rings. The molecule has 0 amide bonds. The van der Waals surface area contributed by atoms with E-state index in [1.807, 2.05) is 32.9 Å². The van der Waals surface area contributed by atoms with E-state index in [0.717, 1.165) is 9.64 Å². The zero-order chi connectivity index (χ0) is 17.3. The number of hydrogen-bond acceptors (Lipinski definition) is 4. The fourth-order valence-corrected chi connectivity index (χ4v) is 2.27. The average Bonchev–Trinajstić information content (AvgIpc) is 2.38. The number of halogens is 4. The highest BCUT2D eigenvalue weighted by Gasteiger charge is 2.34. The van der Waals surface area contributed by atoms with Gasteiger partial charge >= 0.3 is 6.18 Å². The molecule has 0 aliphatic heterocycles. The average molecular weight is 436 g/mol. The Morgan fingerprint density at radius 1 is 1.04 bits per heavy atom. The molecule has 1 heterocycles. The molecule has 0 aliphatic carbocycles. The lowest BCUT2D eigenvalue weighted by Crippen LogP contribution is -2.28. The van der Waals surface area contributed by atoms with E-state index in [0.29, 0.717) is 5.69 Å². The molecule has 0 saturated carbocycles. The molecule has 1 aromatic heterocycles. The number of nitrogens with zero attached hydrogens (tertiary/aromatic N) is 2. The first-order valence-electron chi connectivity index (χ1n) is 6.81. The summed E-state index contributed by atoms with van der Waals surface area (Å²) in [4.78, 5) is 7.70. The Hall–Kier alpha value is -1.58. The molecule has 2 N–H and O–H groups in total. The lowest BCUT2D eigenvalue weighted by molar-refractivity contribution is -0.141. The number of anilines is 3. The molecule has 1 aromatic carbocycles. The van der Waals surface area contributed by atoms with Crippen molar-refractivity contribution in [3.8, 4) is 0 Å². The minimum Gasteiger partial charge on any atom is -0.350 e. The van der Waals surface area contributed by atoms with Gasteiger partial charge in [0.15, 0.2) is 5.69 Å². The summed E-state index contributed by atoms with van der Waals surface area (Å²) in [6.07, 6.45) is -4.54. The Balaban J connectivity index is 2.42. The first-order chi connectivity index (χ1) is 10.5. The molecule has 0 bridgehead atoms. The minimum absolute atomic E-state index is 0.0687. The second-order valence-corrected chi connectivity index (χ2v) is 7.10. The highest BCUT2D eigenvalue weighted by Crippen LogP contribution is 2.31. The lowest BCUT2D eigenvalue weighted by Gasteiger charge is -2.21. The van der Waals surface area contributed by atoms with E-state index in [1.54, 1.807) is 12.1 Å². The summed E-state index contributed by atoms with van der Waals surface area (Å²) in [5, 5.41) is 5.78. The van der Waals surface area contributed by atoms with Gasteiger partial charge in [0.1, 0.15) is 5.82 Å². The zero-order valence-corrected chi connectivity index (χ0v) is 15.0. The first-order valence-corrected chi connectivity index (χ1v) is 7.88. The van der Waals surface area contributed by atoms with Crippen LogP contribution in [0.3, 0.4) is 0 Å². The summed E-state index contributed by atoms with van der Waals surface area (Å²) in [5.41, 5.74) is -0.767. The third-order valence-corrected chi connectivity index (χ3v) is 3.58. The Morgan fingerprint density at radius 2 is 1.70 bits per heavy atom. The molecule has 0 saturated heterocycles. The lowest BCUT2D eigenvalue weighted by atomic mass is 10.1. The van der Waals surface area contributed by atoms with Gasteiger partial charge in [0.05, 0.1) is 5.69 Å². The van der Waals surface area contributed by atoms with Gasteiger partial charge < -0.3 is 10.6 Å². The number of alkyl halides is 3. The summed E-state index contributed by atoms with van der Waals surface area (Å²) in [5.74, 6) is 0.0176. The molecule has 0 spiro atoms.